The highest BCUT2D eigenvalue weighted by Crippen LogP contribution is 2.27. The molecule has 16 heavy (non-hydrogen) atoms. The van der Waals surface area contributed by atoms with Crippen molar-refractivity contribution >= 4 is 11.9 Å². The number of hydrogen-bond acceptors (Lipinski definition) is 3. The van der Waals surface area contributed by atoms with Gasteiger partial charge in [0.05, 0.1) is 13.7 Å². The van der Waals surface area contributed by atoms with Crippen molar-refractivity contribution in [2.24, 2.45) is 0 Å². The highest BCUT2D eigenvalue weighted by atomic mass is 16.6. The van der Waals surface area contributed by atoms with E-state index in [0.29, 0.717) is 6.61 Å². The Labute approximate surface area is 94.7 Å². The first-order chi connectivity index (χ1) is 7.64. The summed E-state index contributed by atoms with van der Waals surface area (Å²) in [7, 11) is 1.62. The predicted octanol–water partition coefficient (Wildman–Crippen LogP) is 2.07. The van der Waals surface area contributed by atoms with E-state index < -0.39 is 5.60 Å². The first-order valence-corrected chi connectivity index (χ1v) is 5.14. The van der Waals surface area contributed by atoms with Crippen LogP contribution in [0.3, 0.4) is 0 Å². The molecule has 0 saturated carbocycles. The fourth-order valence-corrected chi connectivity index (χ4v) is 1.31. The average Bonchev–Trinajstić information content (AvgIpc) is 3.06. The van der Waals surface area contributed by atoms with Gasteiger partial charge in [-0.3, -0.25) is 4.79 Å². The molecule has 3 nitrogen and oxygen atoms in total. The van der Waals surface area contributed by atoms with Crippen molar-refractivity contribution in [2.75, 3.05) is 13.7 Å². The molecule has 1 unspecified atom stereocenters. The van der Waals surface area contributed by atoms with Crippen molar-refractivity contribution in [3.63, 3.8) is 0 Å². The zero-order valence-corrected chi connectivity index (χ0v) is 9.40. The standard InChI is InChI=1S/C13H14O3/c1-13(9-16-13)12(14)8-5-10-3-6-11(15-2)7-4-10/h3-8H,9H2,1-2H3. The van der Waals surface area contributed by atoms with E-state index in [1.165, 1.54) is 0 Å². The molecule has 1 aromatic rings. The number of methoxy groups -OCH3 is 1. The summed E-state index contributed by atoms with van der Waals surface area (Å²) >= 11 is 0. The van der Waals surface area contributed by atoms with Crippen molar-refractivity contribution in [2.45, 2.75) is 12.5 Å². The number of carbonyl (C=O) groups excluding carboxylic acids is 1. The minimum absolute atomic E-state index is 0.0170. The molecule has 0 aliphatic carbocycles. The molecule has 0 amide bonds. The molecule has 1 heterocycles. The molecule has 0 radical (unpaired) electrons. The van der Waals surface area contributed by atoms with E-state index in [1.807, 2.05) is 24.3 Å². The minimum atomic E-state index is -0.566. The van der Waals surface area contributed by atoms with Crippen LogP contribution in [0.5, 0.6) is 5.75 Å². The Balaban J connectivity index is 2.03. The molecule has 1 saturated heterocycles. The average molecular weight is 218 g/mol. The van der Waals surface area contributed by atoms with Crippen LogP contribution in [0.4, 0.5) is 0 Å². The molecule has 1 aliphatic rings. The summed E-state index contributed by atoms with van der Waals surface area (Å²) in [6, 6.07) is 7.52. The van der Waals surface area contributed by atoms with Gasteiger partial charge in [-0.2, -0.15) is 0 Å². The third-order valence-corrected chi connectivity index (χ3v) is 2.64. The molecule has 3 heteroatoms. The van der Waals surface area contributed by atoms with Gasteiger partial charge in [0.25, 0.3) is 0 Å². The van der Waals surface area contributed by atoms with Crippen LogP contribution in [-0.2, 0) is 9.53 Å². The third-order valence-electron chi connectivity index (χ3n) is 2.64. The molecular formula is C13H14O3. The Morgan fingerprint density at radius 1 is 1.44 bits per heavy atom. The molecule has 2 rings (SSSR count). The van der Waals surface area contributed by atoms with Gasteiger partial charge in [-0.1, -0.05) is 18.2 Å². The van der Waals surface area contributed by atoms with Crippen LogP contribution >= 0.6 is 0 Å². The maximum Gasteiger partial charge on any atom is 0.189 e. The van der Waals surface area contributed by atoms with Crippen molar-refractivity contribution in [3.8, 4) is 5.75 Å². The van der Waals surface area contributed by atoms with Gasteiger partial charge in [0.15, 0.2) is 11.4 Å². The number of epoxide rings is 1. The monoisotopic (exact) mass is 218 g/mol. The lowest BCUT2D eigenvalue weighted by molar-refractivity contribution is -0.118. The topological polar surface area (TPSA) is 38.8 Å². The smallest absolute Gasteiger partial charge is 0.189 e. The summed E-state index contributed by atoms with van der Waals surface area (Å²) in [5, 5.41) is 0. The van der Waals surface area contributed by atoms with Crippen LogP contribution in [0, 0.1) is 0 Å². The molecular weight excluding hydrogens is 204 g/mol. The second-order valence-corrected chi connectivity index (χ2v) is 3.99. The van der Waals surface area contributed by atoms with Gasteiger partial charge >= 0.3 is 0 Å². The van der Waals surface area contributed by atoms with Crippen LogP contribution in [0.1, 0.15) is 12.5 Å². The fraction of sp³-hybridized carbons (Fsp3) is 0.308. The molecule has 0 N–H and O–H groups in total. The molecule has 0 aromatic heterocycles. The van der Waals surface area contributed by atoms with Crippen LogP contribution in [0.2, 0.25) is 0 Å². The third kappa shape index (κ3) is 2.31. The van der Waals surface area contributed by atoms with Gasteiger partial charge in [0.2, 0.25) is 0 Å². The van der Waals surface area contributed by atoms with Crippen LogP contribution in [0.15, 0.2) is 30.3 Å². The van der Waals surface area contributed by atoms with Crippen LogP contribution in [-0.4, -0.2) is 25.1 Å². The van der Waals surface area contributed by atoms with E-state index in [2.05, 4.69) is 0 Å². The van der Waals surface area contributed by atoms with Crippen LogP contribution in [0.25, 0.3) is 6.08 Å². The number of rotatable bonds is 4. The zero-order chi connectivity index (χ0) is 11.6. The second-order valence-electron chi connectivity index (χ2n) is 3.99. The predicted molar refractivity (Wildman–Crippen MR) is 61.4 cm³/mol. The summed E-state index contributed by atoms with van der Waals surface area (Å²) < 4.78 is 10.1. The molecule has 1 fully saturated rings. The summed E-state index contributed by atoms with van der Waals surface area (Å²) in [5.74, 6) is 0.823. The Morgan fingerprint density at radius 3 is 2.56 bits per heavy atom. The Bertz CT molecular complexity index is 413. The molecule has 1 aromatic carbocycles. The maximum absolute atomic E-state index is 11.6. The van der Waals surface area contributed by atoms with Gasteiger partial charge in [0, 0.05) is 0 Å². The molecule has 0 bridgehead atoms. The minimum Gasteiger partial charge on any atom is -0.497 e. The van der Waals surface area contributed by atoms with E-state index in [9.17, 15) is 4.79 Å². The number of ether oxygens (including phenoxy) is 2. The lowest BCUT2D eigenvalue weighted by Gasteiger charge is -2.00. The van der Waals surface area contributed by atoms with Gasteiger partial charge in [-0.15, -0.1) is 0 Å². The lowest BCUT2D eigenvalue weighted by Crippen LogP contribution is -2.17. The van der Waals surface area contributed by atoms with Crippen molar-refractivity contribution in [1.29, 1.82) is 0 Å². The maximum atomic E-state index is 11.6. The lowest BCUT2D eigenvalue weighted by atomic mass is 10.1. The first-order valence-electron chi connectivity index (χ1n) is 5.14. The van der Waals surface area contributed by atoms with E-state index in [4.69, 9.17) is 9.47 Å². The van der Waals surface area contributed by atoms with Gasteiger partial charge < -0.3 is 9.47 Å². The number of carbonyl (C=O) groups is 1. The van der Waals surface area contributed by atoms with Gasteiger partial charge in [-0.25, -0.2) is 0 Å². The zero-order valence-electron chi connectivity index (χ0n) is 9.40. The summed E-state index contributed by atoms with van der Waals surface area (Å²) in [6.07, 6.45) is 3.35. The van der Waals surface area contributed by atoms with Gasteiger partial charge in [0.1, 0.15) is 5.75 Å². The van der Waals surface area contributed by atoms with Gasteiger partial charge in [-0.05, 0) is 30.7 Å². The highest BCUT2D eigenvalue weighted by molar-refractivity contribution is 6.01. The Hall–Kier alpha value is -1.61. The summed E-state index contributed by atoms with van der Waals surface area (Å²) in [4.78, 5) is 11.6. The van der Waals surface area contributed by atoms with E-state index in [0.717, 1.165) is 11.3 Å². The molecule has 1 atom stereocenters. The normalized spacial score (nSPS) is 23.4. The fourth-order valence-electron chi connectivity index (χ4n) is 1.31. The highest BCUT2D eigenvalue weighted by Gasteiger charge is 2.45. The Morgan fingerprint density at radius 2 is 2.06 bits per heavy atom. The number of benzene rings is 1. The molecule has 0 spiro atoms. The molecule has 1 aliphatic heterocycles. The SMILES string of the molecule is COc1ccc(C=CC(=O)C2(C)CO2)cc1. The largest absolute Gasteiger partial charge is 0.497 e. The van der Waals surface area contributed by atoms with Crippen LogP contribution < -0.4 is 4.74 Å². The second kappa shape index (κ2) is 4.10. The molecule has 84 valence electrons. The van der Waals surface area contributed by atoms with Crippen molar-refractivity contribution in [1.82, 2.24) is 0 Å². The quantitative estimate of drug-likeness (QED) is 0.573. The van der Waals surface area contributed by atoms with E-state index >= 15 is 0 Å². The van der Waals surface area contributed by atoms with E-state index in [1.54, 1.807) is 26.2 Å². The van der Waals surface area contributed by atoms with Crippen molar-refractivity contribution in [3.05, 3.63) is 35.9 Å². The summed E-state index contributed by atoms with van der Waals surface area (Å²) in [6.45, 7) is 2.33. The number of ketones is 1. The van der Waals surface area contributed by atoms with E-state index in [-0.39, 0.29) is 5.78 Å². The summed E-state index contributed by atoms with van der Waals surface area (Å²) in [5.41, 5.74) is 0.404. The number of hydrogen-bond donors (Lipinski definition) is 0. The van der Waals surface area contributed by atoms with Crippen molar-refractivity contribution < 1.29 is 14.3 Å². The first kappa shape index (κ1) is 10.9. The Kier molecular flexibility index (Phi) is 2.79.